The van der Waals surface area contributed by atoms with Gasteiger partial charge in [-0.2, -0.15) is 0 Å². The van der Waals surface area contributed by atoms with E-state index in [1.54, 1.807) is 0 Å². The lowest BCUT2D eigenvalue weighted by Crippen LogP contribution is -2.33. The molecule has 0 saturated heterocycles. The van der Waals surface area contributed by atoms with Crippen LogP contribution in [0.3, 0.4) is 0 Å². The molecule has 0 amide bonds. The smallest absolute Gasteiger partial charge is 0.0556 e. The van der Waals surface area contributed by atoms with Crippen LogP contribution in [-0.4, -0.2) is 10.9 Å². The highest BCUT2D eigenvalue weighted by Gasteiger charge is 2.22. The molecule has 1 nitrogen and oxygen atoms in total. The van der Waals surface area contributed by atoms with E-state index < -0.39 is 0 Å². The minimum Gasteiger partial charge on any atom is -0.338 e. The highest BCUT2D eigenvalue weighted by molar-refractivity contribution is 5.33. The molecular formula is C19H23N. The lowest BCUT2D eigenvalue weighted by Gasteiger charge is -2.37. The van der Waals surface area contributed by atoms with Crippen LogP contribution in [0, 0.1) is 0 Å². The minimum absolute atomic E-state index is 0.465. The first-order valence-electron chi connectivity index (χ1n) is 7.70. The van der Waals surface area contributed by atoms with E-state index in [0.29, 0.717) is 6.04 Å². The molecule has 1 heteroatoms. The summed E-state index contributed by atoms with van der Waals surface area (Å²) in [7, 11) is 0. The summed E-state index contributed by atoms with van der Waals surface area (Å²) in [5.41, 5.74) is 4.32. The zero-order valence-electron chi connectivity index (χ0n) is 12.3. The van der Waals surface area contributed by atoms with Crippen molar-refractivity contribution in [2.24, 2.45) is 0 Å². The van der Waals surface area contributed by atoms with Gasteiger partial charge in [0.1, 0.15) is 0 Å². The van der Waals surface area contributed by atoms with Crippen LogP contribution >= 0.6 is 0 Å². The molecule has 0 aromatic heterocycles. The van der Waals surface area contributed by atoms with E-state index in [0.717, 1.165) is 19.3 Å². The summed E-state index contributed by atoms with van der Waals surface area (Å²) >= 11 is 0. The van der Waals surface area contributed by atoms with Gasteiger partial charge in [0, 0.05) is 11.4 Å². The summed E-state index contributed by atoms with van der Waals surface area (Å²) in [6.07, 6.45) is 26.3. The van der Waals surface area contributed by atoms with Gasteiger partial charge in [-0.25, -0.2) is 0 Å². The average Bonchev–Trinajstić information content (AvgIpc) is 2.52. The van der Waals surface area contributed by atoms with Crippen molar-refractivity contribution in [1.82, 2.24) is 4.90 Å². The van der Waals surface area contributed by atoms with Crippen LogP contribution in [-0.2, 0) is 0 Å². The van der Waals surface area contributed by atoms with Gasteiger partial charge in [-0.3, -0.25) is 0 Å². The molecule has 0 heterocycles. The van der Waals surface area contributed by atoms with E-state index in [2.05, 4.69) is 66.5 Å². The predicted octanol–water partition coefficient (Wildman–Crippen LogP) is 5.03. The van der Waals surface area contributed by atoms with E-state index in [4.69, 9.17) is 0 Å². The van der Waals surface area contributed by atoms with Crippen LogP contribution in [0.5, 0.6) is 0 Å². The highest BCUT2D eigenvalue weighted by Crippen LogP contribution is 2.31. The number of nitrogens with zero attached hydrogens (tertiary/aromatic N) is 1. The Bertz CT molecular complexity index is 540. The van der Waals surface area contributed by atoms with E-state index in [1.807, 2.05) is 0 Å². The molecule has 0 aliphatic heterocycles. The summed E-state index contributed by atoms with van der Waals surface area (Å²) < 4.78 is 0. The van der Waals surface area contributed by atoms with Crippen molar-refractivity contribution in [1.29, 1.82) is 0 Å². The summed E-state index contributed by atoms with van der Waals surface area (Å²) in [4.78, 5) is 2.54. The van der Waals surface area contributed by atoms with Crippen molar-refractivity contribution in [2.45, 2.75) is 45.1 Å². The third-order valence-corrected chi connectivity index (χ3v) is 4.19. The summed E-state index contributed by atoms with van der Waals surface area (Å²) in [6, 6.07) is 0.465. The fourth-order valence-electron chi connectivity index (χ4n) is 3.04. The second-order valence-electron chi connectivity index (χ2n) is 5.77. The SMILES string of the molecule is CC1=CC=C(N(C2=CCCC=C2)C2C=CC=CC2)CC1. The van der Waals surface area contributed by atoms with Crippen molar-refractivity contribution in [3.63, 3.8) is 0 Å². The standard InChI is InChI=1S/C19H23N/c1-16-12-14-19(15-13-16)20(17-8-4-2-5-9-17)18-10-6-3-7-11-18/h2,4-6,8,10-12,14,17H,3,7,9,13,15H2,1H3. The Morgan fingerprint density at radius 1 is 1.05 bits per heavy atom. The molecule has 0 bridgehead atoms. The van der Waals surface area contributed by atoms with Crippen molar-refractivity contribution in [3.05, 3.63) is 71.7 Å². The van der Waals surface area contributed by atoms with Crippen LogP contribution in [0.2, 0.25) is 0 Å². The number of rotatable bonds is 3. The first kappa shape index (κ1) is 13.2. The minimum atomic E-state index is 0.465. The molecule has 0 fully saturated rings. The zero-order chi connectivity index (χ0) is 13.8. The van der Waals surface area contributed by atoms with Gasteiger partial charge >= 0.3 is 0 Å². The summed E-state index contributed by atoms with van der Waals surface area (Å²) in [5, 5.41) is 0. The maximum Gasteiger partial charge on any atom is 0.0556 e. The quantitative estimate of drug-likeness (QED) is 0.691. The second kappa shape index (κ2) is 6.13. The van der Waals surface area contributed by atoms with Gasteiger partial charge in [0.2, 0.25) is 0 Å². The van der Waals surface area contributed by atoms with Gasteiger partial charge in [0.25, 0.3) is 0 Å². The number of allylic oxidation sites excluding steroid dienone is 9. The van der Waals surface area contributed by atoms with Crippen LogP contribution in [0.4, 0.5) is 0 Å². The Balaban J connectivity index is 1.91. The van der Waals surface area contributed by atoms with E-state index >= 15 is 0 Å². The van der Waals surface area contributed by atoms with Gasteiger partial charge in [-0.15, -0.1) is 0 Å². The van der Waals surface area contributed by atoms with E-state index in [9.17, 15) is 0 Å². The maximum absolute atomic E-state index is 2.54. The molecule has 3 aliphatic rings. The Hall–Kier alpha value is -1.76. The van der Waals surface area contributed by atoms with Crippen molar-refractivity contribution in [3.8, 4) is 0 Å². The van der Waals surface area contributed by atoms with Crippen LogP contribution < -0.4 is 0 Å². The van der Waals surface area contributed by atoms with Gasteiger partial charge < -0.3 is 4.90 Å². The molecule has 0 N–H and O–H groups in total. The average molecular weight is 265 g/mol. The molecular weight excluding hydrogens is 242 g/mol. The second-order valence-corrected chi connectivity index (χ2v) is 5.77. The van der Waals surface area contributed by atoms with Gasteiger partial charge in [-0.1, -0.05) is 48.1 Å². The molecule has 1 atom stereocenters. The van der Waals surface area contributed by atoms with Crippen LogP contribution in [0.25, 0.3) is 0 Å². The first-order chi connectivity index (χ1) is 9.84. The zero-order valence-corrected chi connectivity index (χ0v) is 12.3. The van der Waals surface area contributed by atoms with Crippen LogP contribution in [0.15, 0.2) is 71.7 Å². The Kier molecular flexibility index (Phi) is 4.05. The Morgan fingerprint density at radius 3 is 2.65 bits per heavy atom. The molecule has 0 aromatic carbocycles. The van der Waals surface area contributed by atoms with E-state index in [1.165, 1.54) is 29.8 Å². The Labute approximate surface area is 122 Å². The van der Waals surface area contributed by atoms with E-state index in [-0.39, 0.29) is 0 Å². The maximum atomic E-state index is 2.54. The molecule has 1 unspecified atom stereocenters. The van der Waals surface area contributed by atoms with Gasteiger partial charge in [0.05, 0.1) is 6.04 Å². The topological polar surface area (TPSA) is 3.24 Å². The molecule has 0 saturated carbocycles. The van der Waals surface area contributed by atoms with Crippen molar-refractivity contribution in [2.75, 3.05) is 0 Å². The first-order valence-corrected chi connectivity index (χ1v) is 7.70. The number of hydrogen-bond donors (Lipinski definition) is 0. The summed E-state index contributed by atoms with van der Waals surface area (Å²) in [6.45, 7) is 2.22. The lowest BCUT2D eigenvalue weighted by atomic mass is 9.98. The fraction of sp³-hybridized carbons (Fsp3) is 0.368. The Morgan fingerprint density at radius 2 is 2.00 bits per heavy atom. The van der Waals surface area contributed by atoms with Crippen LogP contribution in [0.1, 0.15) is 39.0 Å². The molecule has 3 rings (SSSR count). The third kappa shape index (κ3) is 2.87. The highest BCUT2D eigenvalue weighted by atomic mass is 15.2. The van der Waals surface area contributed by atoms with Crippen molar-refractivity contribution >= 4 is 0 Å². The predicted molar refractivity (Wildman–Crippen MR) is 86.1 cm³/mol. The van der Waals surface area contributed by atoms with Crippen molar-refractivity contribution < 1.29 is 0 Å². The monoisotopic (exact) mass is 265 g/mol. The fourth-order valence-corrected chi connectivity index (χ4v) is 3.04. The molecule has 3 aliphatic carbocycles. The molecule has 0 radical (unpaired) electrons. The lowest BCUT2D eigenvalue weighted by molar-refractivity contribution is 0.355. The molecule has 20 heavy (non-hydrogen) atoms. The molecule has 0 spiro atoms. The number of hydrogen-bond acceptors (Lipinski definition) is 1. The van der Waals surface area contributed by atoms with Gasteiger partial charge in [-0.05, 0) is 51.2 Å². The molecule has 104 valence electrons. The molecule has 0 aromatic rings. The van der Waals surface area contributed by atoms with Gasteiger partial charge in [0.15, 0.2) is 0 Å². The normalized spacial score (nSPS) is 25.1. The summed E-state index contributed by atoms with van der Waals surface area (Å²) in [5.74, 6) is 0. The third-order valence-electron chi connectivity index (χ3n) is 4.19. The largest absolute Gasteiger partial charge is 0.338 e.